The largest absolute Gasteiger partial charge is 0.399 e. The van der Waals surface area contributed by atoms with Crippen LogP contribution in [0.1, 0.15) is 51.4 Å². The van der Waals surface area contributed by atoms with Crippen molar-refractivity contribution in [2.45, 2.75) is 19.3 Å². The van der Waals surface area contributed by atoms with Crippen LogP contribution < -0.4 is 5.73 Å². The molecule has 0 saturated carbocycles. The highest BCUT2D eigenvalue weighted by Crippen LogP contribution is 2.44. The van der Waals surface area contributed by atoms with E-state index >= 15 is 0 Å². The van der Waals surface area contributed by atoms with Gasteiger partial charge in [-0.15, -0.1) is 0 Å². The maximum atomic E-state index is 13.4. The van der Waals surface area contributed by atoms with Gasteiger partial charge in [0.1, 0.15) is 0 Å². The Morgan fingerprint density at radius 3 is 2.47 bits per heavy atom. The van der Waals surface area contributed by atoms with Crippen molar-refractivity contribution in [1.29, 1.82) is 0 Å². The second-order valence-corrected chi connectivity index (χ2v) is 8.13. The minimum Gasteiger partial charge on any atom is -0.399 e. The number of anilines is 1. The van der Waals surface area contributed by atoms with E-state index in [-0.39, 0.29) is 38.0 Å². The maximum absolute atomic E-state index is 13.4. The summed E-state index contributed by atoms with van der Waals surface area (Å²) in [6.45, 7) is 3.91. The molecule has 0 saturated heterocycles. The van der Waals surface area contributed by atoms with Gasteiger partial charge in [-0.2, -0.15) is 0 Å². The molecule has 1 aliphatic rings. The first-order chi connectivity index (χ1) is 14.3. The average molecular weight is 407 g/mol. The Morgan fingerprint density at radius 2 is 1.80 bits per heavy atom. The smallest absolute Gasteiger partial charge is 0.254 e. The standard InChI is InChI=1S/C23H25N3O4/c1-23(2)17-11-13(22(30)26(7-9-27)8-10-28)3-5-15(17)20(29)19-16-6-4-14(24)12-18(16)25-21(19)23/h3-6,11-12,25,27-28H,7-10,24H2,1-2H3. The lowest BCUT2D eigenvalue weighted by Gasteiger charge is -2.32. The molecule has 4 rings (SSSR count). The van der Waals surface area contributed by atoms with Crippen molar-refractivity contribution >= 4 is 28.3 Å². The normalized spacial score (nSPS) is 14.5. The summed E-state index contributed by atoms with van der Waals surface area (Å²) in [5, 5.41) is 19.3. The molecule has 1 amide bonds. The van der Waals surface area contributed by atoms with Crippen molar-refractivity contribution in [2.75, 3.05) is 32.0 Å². The van der Waals surface area contributed by atoms with Gasteiger partial charge < -0.3 is 25.8 Å². The van der Waals surface area contributed by atoms with Crippen LogP contribution in [0.15, 0.2) is 36.4 Å². The van der Waals surface area contributed by atoms with Crippen molar-refractivity contribution in [2.24, 2.45) is 0 Å². The predicted molar refractivity (Wildman–Crippen MR) is 115 cm³/mol. The number of fused-ring (bicyclic) bond motifs is 4. The third kappa shape index (κ3) is 2.98. The molecular formula is C23H25N3O4. The fourth-order valence-electron chi connectivity index (χ4n) is 4.32. The third-order valence-corrected chi connectivity index (χ3v) is 5.89. The number of hydrogen-bond donors (Lipinski definition) is 4. The van der Waals surface area contributed by atoms with Gasteiger partial charge in [0.25, 0.3) is 5.91 Å². The number of nitrogens with one attached hydrogen (secondary N) is 1. The van der Waals surface area contributed by atoms with Crippen molar-refractivity contribution in [3.05, 3.63) is 64.3 Å². The van der Waals surface area contributed by atoms with Crippen molar-refractivity contribution in [3.63, 3.8) is 0 Å². The Kier molecular flexibility index (Phi) is 4.88. The number of carbonyl (C=O) groups is 2. The van der Waals surface area contributed by atoms with Crippen LogP contribution in [0.4, 0.5) is 5.69 Å². The van der Waals surface area contributed by atoms with Crippen LogP contribution in [0.25, 0.3) is 10.9 Å². The van der Waals surface area contributed by atoms with Gasteiger partial charge in [0.15, 0.2) is 5.78 Å². The van der Waals surface area contributed by atoms with Crippen LogP contribution in [0.3, 0.4) is 0 Å². The minimum atomic E-state index is -0.540. The molecule has 1 heterocycles. The molecule has 5 N–H and O–H groups in total. The molecule has 7 nitrogen and oxygen atoms in total. The molecule has 1 aromatic heterocycles. The van der Waals surface area contributed by atoms with Crippen molar-refractivity contribution in [1.82, 2.24) is 9.88 Å². The van der Waals surface area contributed by atoms with Crippen LogP contribution in [0.5, 0.6) is 0 Å². The number of H-pyrrole nitrogens is 1. The lowest BCUT2D eigenvalue weighted by atomic mass is 9.71. The second-order valence-electron chi connectivity index (χ2n) is 8.13. The molecule has 0 unspecified atom stereocenters. The van der Waals surface area contributed by atoms with E-state index in [1.165, 1.54) is 4.90 Å². The van der Waals surface area contributed by atoms with Crippen LogP contribution in [-0.2, 0) is 5.41 Å². The molecule has 0 atom stereocenters. The van der Waals surface area contributed by atoms with Crippen molar-refractivity contribution < 1.29 is 19.8 Å². The van der Waals surface area contributed by atoms with E-state index in [2.05, 4.69) is 4.98 Å². The number of aliphatic hydroxyl groups is 2. The number of ketones is 1. The highest BCUT2D eigenvalue weighted by Gasteiger charge is 2.40. The second kappa shape index (κ2) is 7.27. The van der Waals surface area contributed by atoms with E-state index < -0.39 is 5.41 Å². The van der Waals surface area contributed by atoms with Gasteiger partial charge in [-0.25, -0.2) is 0 Å². The van der Waals surface area contributed by atoms with E-state index in [1.807, 2.05) is 26.0 Å². The van der Waals surface area contributed by atoms with Gasteiger partial charge in [0, 0.05) is 51.9 Å². The highest BCUT2D eigenvalue weighted by atomic mass is 16.3. The Balaban J connectivity index is 1.84. The van der Waals surface area contributed by atoms with Gasteiger partial charge in [-0.05, 0) is 35.9 Å². The SMILES string of the molecule is CC1(C)c2cc(C(=O)N(CCO)CCO)ccc2C(=O)c2c1[nH]c1cc(N)ccc21. The Hall–Kier alpha value is -3.16. The summed E-state index contributed by atoms with van der Waals surface area (Å²) in [5.41, 5.74) is 9.99. The summed E-state index contributed by atoms with van der Waals surface area (Å²) in [4.78, 5) is 31.1. The number of aromatic amines is 1. The first kappa shape index (κ1) is 20.1. The maximum Gasteiger partial charge on any atom is 0.254 e. The van der Waals surface area contributed by atoms with Gasteiger partial charge in [-0.1, -0.05) is 19.9 Å². The molecule has 0 fully saturated rings. The van der Waals surface area contributed by atoms with E-state index in [1.54, 1.807) is 24.3 Å². The number of aromatic nitrogens is 1. The van der Waals surface area contributed by atoms with Gasteiger partial charge >= 0.3 is 0 Å². The lowest BCUT2D eigenvalue weighted by molar-refractivity contribution is 0.0684. The molecule has 0 bridgehead atoms. The molecule has 156 valence electrons. The number of nitrogens with two attached hydrogens (primary N) is 1. The molecular weight excluding hydrogens is 382 g/mol. The molecule has 2 aromatic carbocycles. The fourth-order valence-corrected chi connectivity index (χ4v) is 4.32. The van der Waals surface area contributed by atoms with E-state index in [0.29, 0.717) is 22.4 Å². The summed E-state index contributed by atoms with van der Waals surface area (Å²) in [7, 11) is 0. The summed E-state index contributed by atoms with van der Waals surface area (Å²) < 4.78 is 0. The van der Waals surface area contributed by atoms with Crippen LogP contribution >= 0.6 is 0 Å². The van der Waals surface area contributed by atoms with Crippen LogP contribution in [0, 0.1) is 0 Å². The third-order valence-electron chi connectivity index (χ3n) is 5.89. The number of benzene rings is 2. The molecule has 7 heteroatoms. The molecule has 1 aliphatic carbocycles. The Labute approximate surface area is 174 Å². The number of amides is 1. The van der Waals surface area contributed by atoms with E-state index in [9.17, 15) is 19.8 Å². The Morgan fingerprint density at radius 1 is 1.10 bits per heavy atom. The quantitative estimate of drug-likeness (QED) is 0.483. The molecule has 0 aliphatic heterocycles. The van der Waals surface area contributed by atoms with Gasteiger partial charge in [0.05, 0.1) is 18.8 Å². The minimum absolute atomic E-state index is 0.0862. The number of aliphatic hydroxyl groups excluding tert-OH is 2. The average Bonchev–Trinajstić information content (AvgIpc) is 3.11. The Bertz CT molecular complexity index is 1160. The molecule has 3 aromatic rings. The monoisotopic (exact) mass is 407 g/mol. The summed E-state index contributed by atoms with van der Waals surface area (Å²) >= 11 is 0. The van der Waals surface area contributed by atoms with Crippen molar-refractivity contribution in [3.8, 4) is 0 Å². The summed E-state index contributed by atoms with van der Waals surface area (Å²) in [6, 6.07) is 10.5. The predicted octanol–water partition coefficient (Wildman–Crippen LogP) is 2.05. The first-order valence-corrected chi connectivity index (χ1v) is 9.91. The number of carbonyl (C=O) groups excluding carboxylic acids is 2. The first-order valence-electron chi connectivity index (χ1n) is 9.91. The lowest BCUT2D eigenvalue weighted by Crippen LogP contribution is -2.36. The zero-order valence-electron chi connectivity index (χ0n) is 17.0. The number of rotatable bonds is 5. The highest BCUT2D eigenvalue weighted by molar-refractivity contribution is 6.20. The fraction of sp³-hybridized carbons (Fsp3) is 0.304. The van der Waals surface area contributed by atoms with Crippen LogP contribution in [0.2, 0.25) is 0 Å². The number of nitrogens with zero attached hydrogens (tertiary/aromatic N) is 1. The van der Waals surface area contributed by atoms with E-state index in [0.717, 1.165) is 22.2 Å². The van der Waals surface area contributed by atoms with Gasteiger partial charge in [0.2, 0.25) is 0 Å². The molecule has 0 spiro atoms. The summed E-state index contributed by atoms with van der Waals surface area (Å²) in [6.07, 6.45) is 0. The zero-order valence-corrected chi connectivity index (χ0v) is 17.0. The summed E-state index contributed by atoms with van der Waals surface area (Å²) in [5.74, 6) is -0.378. The number of nitrogen functional groups attached to an aromatic ring is 1. The molecule has 30 heavy (non-hydrogen) atoms. The number of hydrogen-bond acceptors (Lipinski definition) is 5. The topological polar surface area (TPSA) is 120 Å². The van der Waals surface area contributed by atoms with E-state index in [4.69, 9.17) is 5.73 Å². The zero-order chi connectivity index (χ0) is 21.6. The molecule has 0 radical (unpaired) electrons. The van der Waals surface area contributed by atoms with Crippen LogP contribution in [-0.4, -0.2) is 58.1 Å². The van der Waals surface area contributed by atoms with Gasteiger partial charge in [-0.3, -0.25) is 9.59 Å².